The summed E-state index contributed by atoms with van der Waals surface area (Å²) in [4.78, 5) is 11.2. The molecular formula is C17H17NaO3. The summed E-state index contributed by atoms with van der Waals surface area (Å²) >= 11 is 0. The zero-order chi connectivity index (χ0) is 14.9. The number of aromatic hydroxyl groups is 1. The summed E-state index contributed by atoms with van der Waals surface area (Å²) in [6.45, 7) is 5.54. The molecule has 0 aliphatic heterocycles. The van der Waals surface area contributed by atoms with E-state index in [1.165, 1.54) is 0 Å². The molecule has 0 unspecified atom stereocenters. The molecule has 0 aliphatic carbocycles. The van der Waals surface area contributed by atoms with Gasteiger partial charge in [-0.1, -0.05) is 56.3 Å². The van der Waals surface area contributed by atoms with Crippen LogP contribution in [0, 0.1) is 6.92 Å². The van der Waals surface area contributed by atoms with Gasteiger partial charge in [-0.05, 0) is 18.1 Å². The number of hydrogen-bond acceptors (Lipinski definition) is 3. The van der Waals surface area contributed by atoms with Crippen LogP contribution in [0.5, 0.6) is 5.75 Å². The van der Waals surface area contributed by atoms with Crippen LogP contribution in [0.15, 0.2) is 42.5 Å². The molecule has 3 nitrogen and oxygen atoms in total. The molecule has 104 valence electrons. The van der Waals surface area contributed by atoms with Crippen molar-refractivity contribution in [2.24, 2.45) is 0 Å². The topological polar surface area (TPSA) is 60.4 Å². The van der Waals surface area contributed by atoms with Crippen molar-refractivity contribution in [3.63, 3.8) is 0 Å². The molecule has 0 amide bonds. The average molecular weight is 292 g/mol. The summed E-state index contributed by atoms with van der Waals surface area (Å²) in [5, 5.41) is 21.5. The summed E-state index contributed by atoms with van der Waals surface area (Å²) in [6.07, 6.45) is 0. The molecular weight excluding hydrogens is 275 g/mol. The number of phenols is 1. The second-order valence-electron chi connectivity index (χ2n) is 5.43. The third-order valence-electron chi connectivity index (χ3n) is 3.76. The molecule has 1 N–H and O–H groups in total. The van der Waals surface area contributed by atoms with Crippen molar-refractivity contribution >= 4 is 5.97 Å². The molecule has 0 spiro atoms. The zero-order valence-corrected chi connectivity index (χ0v) is 14.8. The quantitative estimate of drug-likeness (QED) is 0.768. The minimum absolute atomic E-state index is 0. The molecule has 0 radical (unpaired) electrons. The summed E-state index contributed by atoms with van der Waals surface area (Å²) in [5.74, 6) is -1.57. The Morgan fingerprint density at radius 2 is 1.67 bits per heavy atom. The predicted molar refractivity (Wildman–Crippen MR) is 75.7 cm³/mol. The van der Waals surface area contributed by atoms with Gasteiger partial charge < -0.3 is 15.0 Å². The van der Waals surface area contributed by atoms with Gasteiger partial charge in [-0.2, -0.15) is 0 Å². The van der Waals surface area contributed by atoms with Crippen LogP contribution in [-0.4, -0.2) is 11.1 Å². The fourth-order valence-corrected chi connectivity index (χ4v) is 2.46. The number of benzene rings is 2. The number of carboxylic acids is 1. The number of carboxylic acid groups (broad SMARTS) is 1. The van der Waals surface area contributed by atoms with Crippen LogP contribution in [0.2, 0.25) is 0 Å². The Kier molecular flexibility index (Phi) is 5.62. The van der Waals surface area contributed by atoms with Gasteiger partial charge in [0.05, 0.1) is 5.97 Å². The van der Waals surface area contributed by atoms with Gasteiger partial charge in [-0.25, -0.2) is 0 Å². The van der Waals surface area contributed by atoms with Crippen LogP contribution in [0.3, 0.4) is 0 Å². The molecule has 2 aromatic rings. The number of aromatic carboxylic acids is 1. The van der Waals surface area contributed by atoms with E-state index in [9.17, 15) is 15.0 Å². The Balaban J connectivity index is 0.00000220. The van der Waals surface area contributed by atoms with Crippen molar-refractivity contribution in [2.75, 3.05) is 0 Å². The van der Waals surface area contributed by atoms with Crippen LogP contribution >= 0.6 is 0 Å². The molecule has 4 heteroatoms. The standard InChI is InChI=1S/C17H18O3.Na/c1-11-9-10-13(15(18)14(11)16(19)20)17(2,3)12-7-5-4-6-8-12;/h4-10,18H,1-3H3,(H,19,20);/q;+1/p-1. The predicted octanol–water partition coefficient (Wildman–Crippen LogP) is -0.606. The molecule has 2 aromatic carbocycles. The number of carbonyl (C=O) groups is 1. The van der Waals surface area contributed by atoms with E-state index in [-0.39, 0.29) is 40.9 Å². The SMILES string of the molecule is Cc1ccc(C(C)(C)c2ccccc2)c(O)c1C(=O)[O-].[Na+]. The fourth-order valence-electron chi connectivity index (χ4n) is 2.46. The normalized spacial score (nSPS) is 10.8. The van der Waals surface area contributed by atoms with E-state index in [1.54, 1.807) is 19.1 Å². The zero-order valence-electron chi connectivity index (χ0n) is 12.8. The molecule has 0 aromatic heterocycles. The van der Waals surface area contributed by atoms with Gasteiger partial charge in [0, 0.05) is 16.5 Å². The smallest absolute Gasteiger partial charge is 0.545 e. The second-order valence-corrected chi connectivity index (χ2v) is 5.43. The third kappa shape index (κ3) is 3.31. The van der Waals surface area contributed by atoms with Crippen molar-refractivity contribution in [1.82, 2.24) is 0 Å². The van der Waals surface area contributed by atoms with Crippen molar-refractivity contribution in [1.29, 1.82) is 0 Å². The Labute approximate surface area is 146 Å². The molecule has 0 aliphatic rings. The van der Waals surface area contributed by atoms with Crippen molar-refractivity contribution in [2.45, 2.75) is 26.2 Å². The van der Waals surface area contributed by atoms with Gasteiger partial charge >= 0.3 is 29.6 Å². The molecule has 0 saturated heterocycles. The monoisotopic (exact) mass is 292 g/mol. The Morgan fingerprint density at radius 1 is 1.10 bits per heavy atom. The minimum Gasteiger partial charge on any atom is -0.545 e. The van der Waals surface area contributed by atoms with Gasteiger partial charge in [0.15, 0.2) is 0 Å². The van der Waals surface area contributed by atoms with E-state index in [0.717, 1.165) is 5.56 Å². The summed E-state index contributed by atoms with van der Waals surface area (Å²) in [6, 6.07) is 13.1. The van der Waals surface area contributed by atoms with E-state index in [1.807, 2.05) is 44.2 Å². The van der Waals surface area contributed by atoms with Crippen LogP contribution < -0.4 is 34.7 Å². The Morgan fingerprint density at radius 3 is 2.19 bits per heavy atom. The van der Waals surface area contributed by atoms with Gasteiger partial charge in [0.1, 0.15) is 5.75 Å². The van der Waals surface area contributed by atoms with Crippen molar-refractivity contribution in [3.05, 3.63) is 64.7 Å². The van der Waals surface area contributed by atoms with Gasteiger partial charge in [0.25, 0.3) is 0 Å². The number of aryl methyl sites for hydroxylation is 1. The maximum atomic E-state index is 11.2. The van der Waals surface area contributed by atoms with E-state index in [4.69, 9.17) is 0 Å². The summed E-state index contributed by atoms with van der Waals surface area (Å²) in [5.41, 5.74) is 1.45. The molecule has 2 rings (SSSR count). The van der Waals surface area contributed by atoms with Crippen LogP contribution in [0.25, 0.3) is 0 Å². The van der Waals surface area contributed by atoms with Crippen molar-refractivity contribution < 1.29 is 44.6 Å². The first-order chi connectivity index (χ1) is 9.35. The molecule has 0 bridgehead atoms. The van der Waals surface area contributed by atoms with Crippen LogP contribution in [-0.2, 0) is 5.41 Å². The van der Waals surface area contributed by atoms with E-state index in [2.05, 4.69) is 0 Å². The number of carbonyl (C=O) groups excluding carboxylic acids is 1. The van der Waals surface area contributed by atoms with Crippen LogP contribution in [0.4, 0.5) is 0 Å². The maximum Gasteiger partial charge on any atom is 1.00 e. The minimum atomic E-state index is -1.36. The molecule has 0 heterocycles. The second kappa shape index (κ2) is 6.65. The first-order valence-corrected chi connectivity index (χ1v) is 6.45. The van der Waals surface area contributed by atoms with Crippen LogP contribution in [0.1, 0.15) is 40.9 Å². The Hall–Kier alpha value is -1.29. The van der Waals surface area contributed by atoms with Crippen molar-refractivity contribution in [3.8, 4) is 5.75 Å². The van der Waals surface area contributed by atoms with Gasteiger partial charge in [-0.3, -0.25) is 0 Å². The summed E-state index contributed by atoms with van der Waals surface area (Å²) in [7, 11) is 0. The average Bonchev–Trinajstić information content (AvgIpc) is 2.39. The first-order valence-electron chi connectivity index (χ1n) is 6.45. The van der Waals surface area contributed by atoms with Gasteiger partial charge in [0.2, 0.25) is 0 Å². The number of hydrogen-bond donors (Lipinski definition) is 1. The van der Waals surface area contributed by atoms with E-state index >= 15 is 0 Å². The van der Waals surface area contributed by atoms with Gasteiger partial charge in [-0.15, -0.1) is 0 Å². The fraction of sp³-hybridized carbons (Fsp3) is 0.235. The number of rotatable bonds is 3. The Bertz CT molecular complexity index is 649. The van der Waals surface area contributed by atoms with E-state index in [0.29, 0.717) is 11.1 Å². The molecule has 0 fully saturated rings. The largest absolute Gasteiger partial charge is 1.00 e. The first kappa shape index (κ1) is 17.8. The molecule has 0 atom stereocenters. The maximum absolute atomic E-state index is 11.2. The third-order valence-corrected chi connectivity index (χ3v) is 3.76. The molecule has 0 saturated carbocycles. The molecule has 21 heavy (non-hydrogen) atoms. The van der Waals surface area contributed by atoms with E-state index < -0.39 is 11.4 Å². The summed E-state index contributed by atoms with van der Waals surface area (Å²) < 4.78 is 0.